The number of carbonyl (C=O) groups is 1. The molecule has 0 radical (unpaired) electrons. The highest BCUT2D eigenvalue weighted by atomic mass is 19.4. The quantitative estimate of drug-likeness (QED) is 0.504. The van der Waals surface area contributed by atoms with Crippen molar-refractivity contribution in [3.05, 3.63) is 23.8 Å². The van der Waals surface area contributed by atoms with Crippen molar-refractivity contribution in [2.24, 2.45) is 5.92 Å². The molecule has 4 rings (SSSR count). The first-order valence-corrected chi connectivity index (χ1v) is 12.2. The van der Waals surface area contributed by atoms with E-state index in [-0.39, 0.29) is 42.3 Å². The molecule has 37 heavy (non-hydrogen) atoms. The topological polar surface area (TPSA) is 119 Å². The molecule has 10 nitrogen and oxygen atoms in total. The van der Waals surface area contributed by atoms with Crippen molar-refractivity contribution in [2.75, 3.05) is 34.0 Å². The molecule has 13 heteroatoms. The van der Waals surface area contributed by atoms with Gasteiger partial charge in [0.25, 0.3) is 0 Å². The van der Waals surface area contributed by atoms with E-state index in [0.29, 0.717) is 42.2 Å². The van der Waals surface area contributed by atoms with E-state index in [9.17, 15) is 23.1 Å². The summed E-state index contributed by atoms with van der Waals surface area (Å²) in [5, 5.41) is 16.7. The molecule has 2 aromatic heterocycles. The molecule has 2 aromatic rings. The zero-order valence-corrected chi connectivity index (χ0v) is 21.8. The highest BCUT2D eigenvalue weighted by Crippen LogP contribution is 2.36. The third-order valence-corrected chi connectivity index (χ3v) is 6.64. The van der Waals surface area contributed by atoms with Gasteiger partial charge in [0.1, 0.15) is 17.5 Å². The number of nitrogens with zero attached hydrogens (tertiary/aromatic N) is 6. The van der Waals surface area contributed by atoms with E-state index in [1.807, 2.05) is 32.7 Å². The van der Waals surface area contributed by atoms with E-state index in [0.717, 1.165) is 6.20 Å². The standard InChI is InChI=1S/C24H33F3N8O2/c1-12(2)19-21(36)32-18-13(3)30-22(33-20(18)34(19)6)31-14-7-15(8-14)35(11-23(4,5)37)17-10-28-16(9-29-17)24(25,26)27/h9-10,12,14-15,19,37H,7-8,11H2,1-6H3,(H,32,36)(H,30,31,33)/t14-,15-,19?. The van der Waals surface area contributed by atoms with E-state index < -0.39 is 17.5 Å². The second-order valence-electron chi connectivity index (χ2n) is 10.8. The molecule has 0 aromatic carbocycles. The lowest BCUT2D eigenvalue weighted by Crippen LogP contribution is -2.54. The van der Waals surface area contributed by atoms with Gasteiger partial charge in [-0.1, -0.05) is 13.8 Å². The van der Waals surface area contributed by atoms with Gasteiger partial charge in [0.05, 0.1) is 23.7 Å². The maximum absolute atomic E-state index is 12.9. The predicted molar refractivity (Wildman–Crippen MR) is 134 cm³/mol. The van der Waals surface area contributed by atoms with Gasteiger partial charge in [0.15, 0.2) is 11.5 Å². The van der Waals surface area contributed by atoms with Gasteiger partial charge in [-0.05, 0) is 39.5 Å². The molecule has 1 fully saturated rings. The number of halogens is 3. The molecule has 1 aliphatic heterocycles. The van der Waals surface area contributed by atoms with Crippen LogP contribution in [0.15, 0.2) is 12.4 Å². The smallest absolute Gasteiger partial charge is 0.389 e. The Balaban J connectivity index is 1.48. The van der Waals surface area contributed by atoms with Gasteiger partial charge in [-0.2, -0.15) is 18.2 Å². The van der Waals surface area contributed by atoms with E-state index in [1.54, 1.807) is 18.7 Å². The molecular weight excluding hydrogens is 489 g/mol. The van der Waals surface area contributed by atoms with Crippen LogP contribution in [0.2, 0.25) is 0 Å². The molecule has 1 amide bonds. The van der Waals surface area contributed by atoms with Crippen LogP contribution < -0.4 is 20.4 Å². The summed E-state index contributed by atoms with van der Waals surface area (Å²) in [6, 6.07) is -0.400. The second kappa shape index (κ2) is 9.58. The van der Waals surface area contributed by atoms with Gasteiger partial charge in [0, 0.05) is 25.7 Å². The molecule has 0 saturated heterocycles. The van der Waals surface area contributed by atoms with Crippen molar-refractivity contribution >= 4 is 29.2 Å². The van der Waals surface area contributed by atoms with Crippen LogP contribution in [-0.4, -0.2) is 68.3 Å². The van der Waals surface area contributed by atoms with Gasteiger partial charge in [-0.3, -0.25) is 4.79 Å². The minimum absolute atomic E-state index is 0.0125. The first-order valence-electron chi connectivity index (χ1n) is 12.2. The lowest BCUT2D eigenvalue weighted by Gasteiger charge is -2.45. The fourth-order valence-corrected chi connectivity index (χ4v) is 4.85. The van der Waals surface area contributed by atoms with Gasteiger partial charge in [0.2, 0.25) is 11.9 Å². The number of amides is 1. The zero-order valence-electron chi connectivity index (χ0n) is 21.8. The van der Waals surface area contributed by atoms with Crippen molar-refractivity contribution in [2.45, 2.75) is 77.4 Å². The Hall–Kier alpha value is -3.22. The Labute approximate surface area is 213 Å². The van der Waals surface area contributed by atoms with Gasteiger partial charge in [-0.25, -0.2) is 15.0 Å². The molecule has 1 aliphatic carbocycles. The van der Waals surface area contributed by atoms with E-state index in [2.05, 4.69) is 30.6 Å². The van der Waals surface area contributed by atoms with Crippen LogP contribution in [0.4, 0.5) is 36.4 Å². The average Bonchev–Trinajstić information content (AvgIpc) is 2.74. The van der Waals surface area contributed by atoms with Crippen molar-refractivity contribution < 1.29 is 23.1 Å². The minimum atomic E-state index is -4.57. The number of hydrogen-bond acceptors (Lipinski definition) is 9. The van der Waals surface area contributed by atoms with Crippen LogP contribution in [0, 0.1) is 12.8 Å². The number of aromatic nitrogens is 4. The molecule has 3 N–H and O–H groups in total. The Morgan fingerprint density at radius 1 is 1.22 bits per heavy atom. The Bertz CT molecular complexity index is 1140. The maximum atomic E-state index is 12.9. The van der Waals surface area contributed by atoms with Crippen molar-refractivity contribution in [3.8, 4) is 0 Å². The number of alkyl halides is 3. The zero-order chi connectivity index (χ0) is 27.3. The number of aliphatic hydroxyl groups is 1. The third-order valence-electron chi connectivity index (χ3n) is 6.64. The predicted octanol–water partition coefficient (Wildman–Crippen LogP) is 3.23. The van der Waals surface area contributed by atoms with E-state index >= 15 is 0 Å². The van der Waals surface area contributed by atoms with Crippen LogP contribution in [0.25, 0.3) is 0 Å². The maximum Gasteiger partial charge on any atom is 0.434 e. The van der Waals surface area contributed by atoms with Gasteiger partial charge >= 0.3 is 6.18 Å². The minimum Gasteiger partial charge on any atom is -0.389 e. The van der Waals surface area contributed by atoms with Gasteiger partial charge < -0.3 is 25.5 Å². The number of carbonyl (C=O) groups excluding carboxylic acids is 1. The summed E-state index contributed by atoms with van der Waals surface area (Å²) in [5.74, 6) is 1.36. The Morgan fingerprint density at radius 2 is 1.89 bits per heavy atom. The normalized spacial score (nSPS) is 21.9. The van der Waals surface area contributed by atoms with Gasteiger partial charge in [-0.15, -0.1) is 0 Å². The van der Waals surface area contributed by atoms with E-state index in [1.165, 1.54) is 0 Å². The highest BCUT2D eigenvalue weighted by molar-refractivity contribution is 6.03. The van der Waals surface area contributed by atoms with Crippen molar-refractivity contribution in [3.63, 3.8) is 0 Å². The summed E-state index contributed by atoms with van der Waals surface area (Å²) < 4.78 is 38.8. The molecule has 1 atom stereocenters. The van der Waals surface area contributed by atoms with Crippen LogP contribution in [-0.2, 0) is 11.0 Å². The fourth-order valence-electron chi connectivity index (χ4n) is 4.85. The first-order chi connectivity index (χ1) is 17.1. The van der Waals surface area contributed by atoms with Crippen molar-refractivity contribution in [1.82, 2.24) is 19.9 Å². The van der Waals surface area contributed by atoms with E-state index in [4.69, 9.17) is 0 Å². The number of rotatable bonds is 7. The summed E-state index contributed by atoms with van der Waals surface area (Å²) in [6.07, 6.45) is -1.48. The molecule has 2 aliphatic rings. The molecule has 1 unspecified atom stereocenters. The lowest BCUT2D eigenvalue weighted by atomic mass is 9.85. The number of likely N-dealkylation sites (N-methyl/N-ethyl adjacent to an activating group) is 1. The SMILES string of the molecule is Cc1nc(N[C@H]2C[C@H](N(CC(C)(C)O)c3cnc(C(F)(F)F)cn3)C2)nc2c1NC(=O)C(C(C)C)N2C. The molecule has 3 heterocycles. The molecule has 0 bridgehead atoms. The molecular formula is C24H33F3N8O2. The first kappa shape index (κ1) is 26.8. The number of aryl methyl sites for hydroxylation is 1. The molecule has 202 valence electrons. The number of hydrogen-bond donors (Lipinski definition) is 3. The summed E-state index contributed by atoms with van der Waals surface area (Å²) >= 11 is 0. The largest absolute Gasteiger partial charge is 0.434 e. The van der Waals surface area contributed by atoms with Crippen LogP contribution in [0.5, 0.6) is 0 Å². The lowest BCUT2D eigenvalue weighted by molar-refractivity contribution is -0.141. The van der Waals surface area contributed by atoms with Crippen LogP contribution in [0.3, 0.4) is 0 Å². The van der Waals surface area contributed by atoms with Crippen LogP contribution >= 0.6 is 0 Å². The Morgan fingerprint density at radius 3 is 2.43 bits per heavy atom. The number of anilines is 4. The van der Waals surface area contributed by atoms with Crippen LogP contribution in [0.1, 0.15) is 51.9 Å². The fraction of sp³-hybridized carbons (Fsp3) is 0.625. The second-order valence-corrected chi connectivity index (χ2v) is 10.8. The number of fused-ring (bicyclic) bond motifs is 1. The monoisotopic (exact) mass is 522 g/mol. The molecule has 0 spiro atoms. The number of nitrogens with one attached hydrogen (secondary N) is 2. The highest BCUT2D eigenvalue weighted by Gasteiger charge is 2.39. The Kier molecular flexibility index (Phi) is 6.95. The third kappa shape index (κ3) is 5.71. The summed E-state index contributed by atoms with van der Waals surface area (Å²) in [6.45, 7) is 9.22. The average molecular weight is 523 g/mol. The molecule has 1 saturated carbocycles. The summed E-state index contributed by atoms with van der Waals surface area (Å²) in [4.78, 5) is 32.9. The summed E-state index contributed by atoms with van der Waals surface area (Å²) in [5.41, 5.74) is -0.912. The summed E-state index contributed by atoms with van der Waals surface area (Å²) in [7, 11) is 1.84. The van der Waals surface area contributed by atoms with Crippen molar-refractivity contribution in [1.29, 1.82) is 0 Å².